The normalized spacial score (nSPS) is 11.7. The van der Waals surface area contributed by atoms with Gasteiger partial charge in [-0.05, 0) is 36.4 Å². The number of carbonyl (C=O) groups excluding carboxylic acids is 1. The molecule has 0 atom stereocenters. The highest BCUT2D eigenvalue weighted by Crippen LogP contribution is 2.34. The van der Waals surface area contributed by atoms with Gasteiger partial charge in [-0.3, -0.25) is 0 Å². The van der Waals surface area contributed by atoms with Gasteiger partial charge in [-0.25, -0.2) is 4.79 Å². The third-order valence-corrected chi connectivity index (χ3v) is 3.77. The quantitative estimate of drug-likeness (QED) is 0.660. The first kappa shape index (κ1) is 16.6. The topological polar surface area (TPSA) is 107 Å². The smallest absolute Gasteiger partial charge is 0.337 e. The van der Waals surface area contributed by atoms with Crippen molar-refractivity contribution >= 4 is 29.1 Å². The SMILES string of the molecule is COC(=O)c1ccc(Nc2cnnc(Nc3ccc4c(c3)OCO4)n2)cc1. The highest BCUT2D eigenvalue weighted by Gasteiger charge is 2.13. The van der Waals surface area contributed by atoms with Gasteiger partial charge in [0, 0.05) is 17.4 Å². The van der Waals surface area contributed by atoms with Crippen LogP contribution in [0.4, 0.5) is 23.1 Å². The van der Waals surface area contributed by atoms with Crippen LogP contribution in [0.3, 0.4) is 0 Å². The minimum absolute atomic E-state index is 0.213. The molecule has 136 valence electrons. The molecule has 0 amide bonds. The lowest BCUT2D eigenvalue weighted by Gasteiger charge is -2.08. The van der Waals surface area contributed by atoms with E-state index in [1.807, 2.05) is 12.1 Å². The molecule has 1 aliphatic heterocycles. The van der Waals surface area contributed by atoms with E-state index in [-0.39, 0.29) is 12.8 Å². The molecule has 2 aromatic carbocycles. The predicted octanol–water partition coefficient (Wildman–Crippen LogP) is 2.87. The number of methoxy groups -OCH3 is 1. The van der Waals surface area contributed by atoms with E-state index in [9.17, 15) is 4.79 Å². The standard InChI is InChI=1S/C18H15N5O4/c1-25-17(24)11-2-4-12(5-3-11)20-16-9-19-23-18(22-16)21-13-6-7-14-15(8-13)27-10-26-14/h2-9H,10H2,1H3,(H2,20,21,22,23). The highest BCUT2D eigenvalue weighted by atomic mass is 16.7. The van der Waals surface area contributed by atoms with E-state index in [1.165, 1.54) is 13.3 Å². The monoisotopic (exact) mass is 365 g/mol. The minimum atomic E-state index is -0.388. The van der Waals surface area contributed by atoms with Crippen molar-refractivity contribution in [2.45, 2.75) is 0 Å². The second kappa shape index (κ2) is 7.16. The van der Waals surface area contributed by atoms with Gasteiger partial charge in [-0.1, -0.05) is 0 Å². The van der Waals surface area contributed by atoms with Crippen molar-refractivity contribution in [3.05, 3.63) is 54.2 Å². The fourth-order valence-electron chi connectivity index (χ4n) is 2.48. The summed E-state index contributed by atoms with van der Waals surface area (Å²) in [7, 11) is 1.34. The first-order valence-corrected chi connectivity index (χ1v) is 8.03. The average Bonchev–Trinajstić information content (AvgIpc) is 3.16. The summed E-state index contributed by atoms with van der Waals surface area (Å²) < 4.78 is 15.3. The molecule has 27 heavy (non-hydrogen) atoms. The van der Waals surface area contributed by atoms with E-state index < -0.39 is 0 Å². The number of rotatable bonds is 5. The molecule has 2 heterocycles. The van der Waals surface area contributed by atoms with Crippen molar-refractivity contribution in [1.82, 2.24) is 15.2 Å². The van der Waals surface area contributed by atoms with Crippen LogP contribution in [-0.2, 0) is 4.74 Å². The van der Waals surface area contributed by atoms with Crippen molar-refractivity contribution in [2.24, 2.45) is 0 Å². The molecule has 0 aliphatic carbocycles. The largest absolute Gasteiger partial charge is 0.465 e. The Labute approximate surface area is 154 Å². The summed E-state index contributed by atoms with van der Waals surface area (Å²) in [6.45, 7) is 0.213. The van der Waals surface area contributed by atoms with E-state index in [4.69, 9.17) is 9.47 Å². The maximum Gasteiger partial charge on any atom is 0.337 e. The van der Waals surface area contributed by atoms with Crippen LogP contribution in [0.25, 0.3) is 0 Å². The number of anilines is 4. The molecule has 9 nitrogen and oxygen atoms in total. The second-order valence-corrected chi connectivity index (χ2v) is 5.55. The number of hydrogen-bond acceptors (Lipinski definition) is 9. The molecule has 4 rings (SSSR count). The molecule has 1 aromatic heterocycles. The molecule has 0 radical (unpaired) electrons. The summed E-state index contributed by atoms with van der Waals surface area (Å²) in [5, 5.41) is 14.1. The van der Waals surface area contributed by atoms with Gasteiger partial charge in [0.1, 0.15) is 0 Å². The predicted molar refractivity (Wildman–Crippen MR) is 96.7 cm³/mol. The Kier molecular flexibility index (Phi) is 4.40. The van der Waals surface area contributed by atoms with Crippen molar-refractivity contribution in [3.8, 4) is 11.5 Å². The van der Waals surface area contributed by atoms with Crippen LogP contribution in [0.2, 0.25) is 0 Å². The lowest BCUT2D eigenvalue weighted by molar-refractivity contribution is 0.0601. The molecule has 3 aromatic rings. The first-order chi connectivity index (χ1) is 13.2. The van der Waals surface area contributed by atoms with Crippen LogP contribution in [0.5, 0.6) is 11.5 Å². The van der Waals surface area contributed by atoms with E-state index in [0.717, 1.165) is 11.4 Å². The van der Waals surface area contributed by atoms with Crippen molar-refractivity contribution < 1.29 is 19.0 Å². The highest BCUT2D eigenvalue weighted by molar-refractivity contribution is 5.89. The third-order valence-electron chi connectivity index (χ3n) is 3.77. The van der Waals surface area contributed by atoms with Crippen LogP contribution in [0.1, 0.15) is 10.4 Å². The van der Waals surface area contributed by atoms with Crippen LogP contribution in [-0.4, -0.2) is 35.1 Å². The maximum absolute atomic E-state index is 11.5. The van der Waals surface area contributed by atoms with Gasteiger partial charge in [0.15, 0.2) is 17.3 Å². The fourth-order valence-corrected chi connectivity index (χ4v) is 2.48. The van der Waals surface area contributed by atoms with Gasteiger partial charge in [0.05, 0.1) is 18.9 Å². The zero-order valence-corrected chi connectivity index (χ0v) is 14.3. The van der Waals surface area contributed by atoms with E-state index >= 15 is 0 Å². The van der Waals surface area contributed by atoms with Crippen LogP contribution in [0.15, 0.2) is 48.7 Å². The summed E-state index contributed by atoms with van der Waals surface area (Å²) in [4.78, 5) is 15.8. The molecule has 0 saturated heterocycles. The number of aromatic nitrogens is 3. The van der Waals surface area contributed by atoms with E-state index in [1.54, 1.807) is 30.3 Å². The first-order valence-electron chi connectivity index (χ1n) is 8.03. The molecule has 0 saturated carbocycles. The number of esters is 1. The minimum Gasteiger partial charge on any atom is -0.465 e. The molecular weight excluding hydrogens is 350 g/mol. The zero-order chi connectivity index (χ0) is 18.6. The second-order valence-electron chi connectivity index (χ2n) is 5.55. The van der Waals surface area contributed by atoms with Crippen molar-refractivity contribution in [2.75, 3.05) is 24.5 Å². The van der Waals surface area contributed by atoms with Crippen LogP contribution < -0.4 is 20.1 Å². The van der Waals surface area contributed by atoms with Crippen LogP contribution in [0, 0.1) is 0 Å². The van der Waals surface area contributed by atoms with Gasteiger partial charge in [-0.15, -0.1) is 5.10 Å². The molecule has 9 heteroatoms. The third kappa shape index (κ3) is 3.71. The zero-order valence-electron chi connectivity index (χ0n) is 14.3. The molecule has 0 spiro atoms. The maximum atomic E-state index is 11.5. The summed E-state index contributed by atoms with van der Waals surface area (Å²) in [6.07, 6.45) is 1.50. The van der Waals surface area contributed by atoms with Crippen molar-refractivity contribution in [3.63, 3.8) is 0 Å². The Morgan fingerprint density at radius 3 is 2.63 bits per heavy atom. The van der Waals surface area contributed by atoms with E-state index in [0.29, 0.717) is 28.8 Å². The Balaban J connectivity index is 1.47. The number of benzene rings is 2. The number of nitrogens with zero attached hydrogens (tertiary/aromatic N) is 3. The summed E-state index contributed by atoms with van der Waals surface area (Å²) in [6, 6.07) is 12.3. The summed E-state index contributed by atoms with van der Waals surface area (Å²) in [5.41, 5.74) is 1.96. The van der Waals surface area contributed by atoms with Gasteiger partial charge in [-0.2, -0.15) is 10.1 Å². The number of fused-ring (bicyclic) bond motifs is 1. The van der Waals surface area contributed by atoms with Crippen LogP contribution >= 0.6 is 0 Å². The Hall–Kier alpha value is -3.88. The molecule has 0 unspecified atom stereocenters. The van der Waals surface area contributed by atoms with Gasteiger partial charge >= 0.3 is 5.97 Å². The number of ether oxygens (including phenoxy) is 3. The average molecular weight is 365 g/mol. The lowest BCUT2D eigenvalue weighted by Crippen LogP contribution is -2.03. The lowest BCUT2D eigenvalue weighted by atomic mass is 10.2. The summed E-state index contributed by atoms with van der Waals surface area (Å²) in [5.74, 6) is 1.79. The number of carbonyl (C=O) groups is 1. The Bertz CT molecular complexity index is 978. The number of nitrogens with one attached hydrogen (secondary N) is 2. The molecule has 0 bridgehead atoms. The molecule has 0 fully saturated rings. The summed E-state index contributed by atoms with van der Waals surface area (Å²) >= 11 is 0. The molecule has 1 aliphatic rings. The van der Waals surface area contributed by atoms with Gasteiger partial charge in [0.25, 0.3) is 0 Å². The number of hydrogen-bond donors (Lipinski definition) is 2. The fraction of sp³-hybridized carbons (Fsp3) is 0.111. The Morgan fingerprint density at radius 2 is 1.81 bits per heavy atom. The van der Waals surface area contributed by atoms with Gasteiger partial charge in [0.2, 0.25) is 12.7 Å². The van der Waals surface area contributed by atoms with Crippen molar-refractivity contribution in [1.29, 1.82) is 0 Å². The Morgan fingerprint density at radius 1 is 1.04 bits per heavy atom. The van der Waals surface area contributed by atoms with Gasteiger partial charge < -0.3 is 24.8 Å². The molecule has 2 N–H and O–H groups in total. The molecular formula is C18H15N5O4. The van der Waals surface area contributed by atoms with E-state index in [2.05, 4.69) is 30.6 Å².